The van der Waals surface area contributed by atoms with E-state index in [4.69, 9.17) is 0 Å². The van der Waals surface area contributed by atoms with Crippen LogP contribution < -0.4 is 5.32 Å². The third-order valence-corrected chi connectivity index (χ3v) is 4.04. The molecule has 0 unspecified atom stereocenters. The Morgan fingerprint density at radius 3 is 2.72 bits per heavy atom. The molecule has 7 heteroatoms. The molecule has 7 nitrogen and oxygen atoms in total. The van der Waals surface area contributed by atoms with Gasteiger partial charge in [-0.3, -0.25) is 9.89 Å². The number of carbonyl (C=O) groups is 1. The first kappa shape index (κ1) is 15.4. The summed E-state index contributed by atoms with van der Waals surface area (Å²) >= 11 is 0. The zero-order chi connectivity index (χ0) is 17.2. The lowest BCUT2D eigenvalue weighted by atomic mass is 10.2. The van der Waals surface area contributed by atoms with Gasteiger partial charge in [0.05, 0.1) is 6.42 Å². The predicted octanol–water partition coefficient (Wildman–Crippen LogP) is 2.63. The minimum absolute atomic E-state index is 0.127. The second kappa shape index (κ2) is 6.43. The van der Waals surface area contributed by atoms with Crippen LogP contribution in [0.2, 0.25) is 0 Å². The Bertz CT molecular complexity index is 898. The van der Waals surface area contributed by atoms with Crippen molar-refractivity contribution < 1.29 is 4.79 Å². The molecule has 0 bridgehead atoms. The van der Waals surface area contributed by atoms with E-state index in [2.05, 4.69) is 30.5 Å². The summed E-state index contributed by atoms with van der Waals surface area (Å²) in [4.78, 5) is 25.2. The lowest BCUT2D eigenvalue weighted by Gasteiger charge is -2.05. The molecular weight excluding hydrogens is 316 g/mol. The molecule has 0 saturated heterocycles. The van der Waals surface area contributed by atoms with Gasteiger partial charge in [-0.2, -0.15) is 5.10 Å². The first-order chi connectivity index (χ1) is 12.2. The molecule has 0 aliphatic heterocycles. The SMILES string of the molecule is Cc1ccnc(-c2ccc(NC(=O)Cc3nc(C4CC4)n[nH]3)cc2)n1. The van der Waals surface area contributed by atoms with Gasteiger partial charge in [0.25, 0.3) is 0 Å². The van der Waals surface area contributed by atoms with Crippen LogP contribution in [0.1, 0.15) is 36.1 Å². The van der Waals surface area contributed by atoms with Crippen molar-refractivity contribution in [3.05, 3.63) is 53.9 Å². The molecule has 1 aromatic carbocycles. The van der Waals surface area contributed by atoms with Gasteiger partial charge < -0.3 is 5.32 Å². The van der Waals surface area contributed by atoms with Crippen molar-refractivity contribution >= 4 is 11.6 Å². The predicted molar refractivity (Wildman–Crippen MR) is 92.9 cm³/mol. The van der Waals surface area contributed by atoms with E-state index in [9.17, 15) is 4.79 Å². The number of amides is 1. The van der Waals surface area contributed by atoms with Crippen LogP contribution in [0.4, 0.5) is 5.69 Å². The summed E-state index contributed by atoms with van der Waals surface area (Å²) in [6.07, 6.45) is 4.20. The highest BCUT2D eigenvalue weighted by atomic mass is 16.1. The van der Waals surface area contributed by atoms with E-state index >= 15 is 0 Å². The standard InChI is InChI=1S/C18H18N6O/c1-11-8-9-19-17(20-11)12-4-6-14(7-5-12)21-16(25)10-15-22-18(24-23-15)13-2-3-13/h4-9,13H,2-3,10H2,1H3,(H,21,25)(H,22,23,24). The summed E-state index contributed by atoms with van der Waals surface area (Å²) in [6.45, 7) is 1.93. The summed E-state index contributed by atoms with van der Waals surface area (Å²) in [5.74, 6) is 2.45. The van der Waals surface area contributed by atoms with Crippen molar-refractivity contribution in [1.29, 1.82) is 0 Å². The van der Waals surface area contributed by atoms with Gasteiger partial charge in [0.15, 0.2) is 11.6 Å². The Hall–Kier alpha value is -3.09. The number of rotatable bonds is 5. The van der Waals surface area contributed by atoms with E-state index in [1.54, 1.807) is 6.20 Å². The van der Waals surface area contributed by atoms with Gasteiger partial charge in [0.1, 0.15) is 5.82 Å². The van der Waals surface area contributed by atoms with Crippen molar-refractivity contribution in [3.63, 3.8) is 0 Å². The monoisotopic (exact) mass is 334 g/mol. The molecule has 1 amide bonds. The number of benzene rings is 1. The van der Waals surface area contributed by atoms with Crippen LogP contribution in [-0.2, 0) is 11.2 Å². The first-order valence-electron chi connectivity index (χ1n) is 8.28. The zero-order valence-electron chi connectivity index (χ0n) is 13.9. The maximum absolute atomic E-state index is 12.2. The number of anilines is 1. The van der Waals surface area contributed by atoms with Crippen LogP contribution in [0.15, 0.2) is 36.5 Å². The maximum Gasteiger partial charge on any atom is 0.232 e. The summed E-state index contributed by atoms with van der Waals surface area (Å²) in [5.41, 5.74) is 2.55. The average Bonchev–Trinajstić information content (AvgIpc) is 3.35. The fourth-order valence-electron chi connectivity index (χ4n) is 2.56. The molecule has 1 fully saturated rings. The Morgan fingerprint density at radius 2 is 2.00 bits per heavy atom. The van der Waals surface area contributed by atoms with Crippen LogP contribution in [0.5, 0.6) is 0 Å². The van der Waals surface area contributed by atoms with E-state index in [1.807, 2.05) is 37.3 Å². The average molecular weight is 334 g/mol. The Kier molecular flexibility index (Phi) is 3.97. The first-order valence-corrected chi connectivity index (χ1v) is 8.28. The smallest absolute Gasteiger partial charge is 0.232 e. The van der Waals surface area contributed by atoms with Crippen molar-refractivity contribution in [1.82, 2.24) is 25.1 Å². The van der Waals surface area contributed by atoms with Crippen LogP contribution in [0.25, 0.3) is 11.4 Å². The molecule has 1 saturated carbocycles. The summed E-state index contributed by atoms with van der Waals surface area (Å²) in [6, 6.07) is 9.33. The third kappa shape index (κ3) is 3.71. The minimum atomic E-state index is -0.127. The maximum atomic E-state index is 12.2. The van der Waals surface area contributed by atoms with Gasteiger partial charge >= 0.3 is 0 Å². The van der Waals surface area contributed by atoms with Crippen LogP contribution in [-0.4, -0.2) is 31.1 Å². The lowest BCUT2D eigenvalue weighted by Crippen LogP contribution is -2.15. The van der Waals surface area contributed by atoms with Crippen molar-refractivity contribution in [3.8, 4) is 11.4 Å². The summed E-state index contributed by atoms with van der Waals surface area (Å²) in [7, 11) is 0. The molecule has 0 radical (unpaired) electrons. The van der Waals surface area contributed by atoms with E-state index < -0.39 is 0 Å². The van der Waals surface area contributed by atoms with Gasteiger partial charge in [-0.05, 0) is 50.1 Å². The third-order valence-electron chi connectivity index (χ3n) is 4.04. The molecule has 0 atom stereocenters. The molecule has 0 spiro atoms. The van der Waals surface area contributed by atoms with Crippen LogP contribution >= 0.6 is 0 Å². The largest absolute Gasteiger partial charge is 0.326 e. The minimum Gasteiger partial charge on any atom is -0.326 e. The number of aromatic amines is 1. The summed E-state index contributed by atoms with van der Waals surface area (Å²) < 4.78 is 0. The second-order valence-corrected chi connectivity index (χ2v) is 6.24. The molecule has 126 valence electrons. The van der Waals surface area contributed by atoms with Crippen molar-refractivity contribution in [2.24, 2.45) is 0 Å². The number of carbonyl (C=O) groups excluding carboxylic acids is 1. The number of hydrogen-bond donors (Lipinski definition) is 2. The number of nitrogens with one attached hydrogen (secondary N) is 2. The number of aryl methyl sites for hydroxylation is 1. The van der Waals surface area contributed by atoms with Gasteiger partial charge in [-0.25, -0.2) is 15.0 Å². The van der Waals surface area contributed by atoms with Crippen LogP contribution in [0.3, 0.4) is 0 Å². The van der Waals surface area contributed by atoms with Crippen molar-refractivity contribution in [2.75, 3.05) is 5.32 Å². The quantitative estimate of drug-likeness (QED) is 0.747. The zero-order valence-corrected chi connectivity index (χ0v) is 13.9. The fraction of sp³-hybridized carbons (Fsp3) is 0.278. The van der Waals surface area contributed by atoms with Gasteiger partial charge in [0.2, 0.25) is 5.91 Å². The van der Waals surface area contributed by atoms with Gasteiger partial charge in [-0.1, -0.05) is 0 Å². The lowest BCUT2D eigenvalue weighted by molar-refractivity contribution is -0.115. The molecule has 1 aliphatic carbocycles. The molecular formula is C18H18N6O. The topological polar surface area (TPSA) is 96.5 Å². The van der Waals surface area contributed by atoms with E-state index in [1.165, 1.54) is 0 Å². The van der Waals surface area contributed by atoms with E-state index in [-0.39, 0.29) is 12.3 Å². The number of hydrogen-bond acceptors (Lipinski definition) is 5. The highest BCUT2D eigenvalue weighted by Crippen LogP contribution is 2.37. The molecule has 3 aromatic rings. The molecule has 2 heterocycles. The Balaban J connectivity index is 1.39. The van der Waals surface area contributed by atoms with Gasteiger partial charge in [-0.15, -0.1) is 0 Å². The molecule has 2 N–H and O–H groups in total. The Labute approximate surface area is 144 Å². The number of aromatic nitrogens is 5. The summed E-state index contributed by atoms with van der Waals surface area (Å²) in [5, 5.41) is 9.87. The second-order valence-electron chi connectivity index (χ2n) is 6.24. The van der Waals surface area contributed by atoms with E-state index in [0.29, 0.717) is 17.6 Å². The van der Waals surface area contributed by atoms with Crippen molar-refractivity contribution in [2.45, 2.75) is 32.1 Å². The highest BCUT2D eigenvalue weighted by Gasteiger charge is 2.27. The van der Waals surface area contributed by atoms with Gasteiger partial charge in [0, 0.05) is 29.1 Å². The molecule has 25 heavy (non-hydrogen) atoms. The highest BCUT2D eigenvalue weighted by molar-refractivity contribution is 5.92. The van der Waals surface area contributed by atoms with E-state index in [0.717, 1.165) is 35.6 Å². The number of nitrogens with zero attached hydrogens (tertiary/aromatic N) is 4. The normalized spacial score (nSPS) is 13.6. The molecule has 1 aliphatic rings. The Morgan fingerprint density at radius 1 is 1.20 bits per heavy atom. The number of H-pyrrole nitrogens is 1. The molecule has 4 rings (SSSR count). The molecule has 2 aromatic heterocycles. The fourth-order valence-corrected chi connectivity index (χ4v) is 2.56. The van der Waals surface area contributed by atoms with Crippen LogP contribution in [0, 0.1) is 6.92 Å².